The second kappa shape index (κ2) is 5.91. The van der Waals surface area contributed by atoms with Crippen molar-refractivity contribution >= 4 is 22.2 Å². The zero-order valence-electron chi connectivity index (χ0n) is 13.0. The van der Waals surface area contributed by atoms with Crippen LogP contribution in [0, 0.1) is 5.92 Å². The monoisotopic (exact) mass is 317 g/mol. The molecule has 1 aliphatic carbocycles. The van der Waals surface area contributed by atoms with Gasteiger partial charge in [-0.25, -0.2) is 4.98 Å². The van der Waals surface area contributed by atoms with E-state index in [4.69, 9.17) is 0 Å². The zero-order chi connectivity index (χ0) is 14.9. The normalized spacial score (nSPS) is 21.0. The quantitative estimate of drug-likeness (QED) is 0.918. The van der Waals surface area contributed by atoms with Gasteiger partial charge in [0.25, 0.3) is 0 Å². The van der Waals surface area contributed by atoms with E-state index in [1.807, 2.05) is 12.4 Å². The lowest BCUT2D eigenvalue weighted by atomic mass is 10.1. The fourth-order valence-corrected chi connectivity index (χ4v) is 3.95. The summed E-state index contributed by atoms with van der Waals surface area (Å²) in [5.41, 5.74) is 1.17. The Labute approximate surface area is 135 Å². The van der Waals surface area contributed by atoms with E-state index in [9.17, 15) is 0 Å². The lowest BCUT2D eigenvalue weighted by molar-refractivity contribution is 0.440. The summed E-state index contributed by atoms with van der Waals surface area (Å²) in [5.74, 6) is 0.842. The summed E-state index contributed by atoms with van der Waals surface area (Å²) in [7, 11) is 0. The molecule has 4 rings (SSSR count). The number of aromatic nitrogens is 3. The molecular formula is C16H23N5S. The van der Waals surface area contributed by atoms with Crippen molar-refractivity contribution in [1.82, 2.24) is 14.8 Å². The molecule has 0 amide bonds. The average molecular weight is 317 g/mol. The Morgan fingerprint density at radius 1 is 1.27 bits per heavy atom. The molecule has 0 spiro atoms. The fourth-order valence-electron chi connectivity index (χ4n) is 3.25. The lowest BCUT2D eigenvalue weighted by Gasteiger charge is -2.32. The number of hydrogen-bond acceptors (Lipinski definition) is 5. The van der Waals surface area contributed by atoms with Crippen LogP contribution in [0.2, 0.25) is 0 Å². The fraction of sp³-hybridized carbons (Fsp3) is 0.625. The number of rotatable bonds is 5. The van der Waals surface area contributed by atoms with Crippen LogP contribution in [0.15, 0.2) is 24.0 Å². The Morgan fingerprint density at radius 3 is 2.77 bits per heavy atom. The maximum Gasteiger partial charge on any atom is 0.185 e. The van der Waals surface area contributed by atoms with Gasteiger partial charge >= 0.3 is 0 Å². The summed E-state index contributed by atoms with van der Waals surface area (Å²) < 4.78 is 2.13. The van der Waals surface area contributed by atoms with Crippen molar-refractivity contribution in [1.29, 1.82) is 0 Å². The standard InChI is InChI=1S/C16H23N5S/c1-12(13-2-3-13)21-11-15(10-18-21)19-14-4-7-20(8-5-14)16-17-6-9-22-16/h6,9-14,19H,2-5,7-8H2,1H3. The van der Waals surface area contributed by atoms with Crippen LogP contribution in [0.1, 0.15) is 38.6 Å². The Kier molecular flexibility index (Phi) is 3.78. The van der Waals surface area contributed by atoms with Gasteiger partial charge in [0, 0.05) is 36.9 Å². The van der Waals surface area contributed by atoms with E-state index in [1.54, 1.807) is 11.3 Å². The maximum atomic E-state index is 4.53. The van der Waals surface area contributed by atoms with Crippen molar-refractivity contribution in [3.05, 3.63) is 24.0 Å². The minimum absolute atomic E-state index is 0.544. The first-order valence-electron chi connectivity index (χ1n) is 8.25. The molecule has 0 radical (unpaired) electrons. The summed E-state index contributed by atoms with van der Waals surface area (Å²) in [6.45, 7) is 4.44. The molecule has 1 saturated carbocycles. The van der Waals surface area contributed by atoms with Crippen LogP contribution >= 0.6 is 11.3 Å². The Bertz CT molecular complexity index is 596. The summed E-state index contributed by atoms with van der Waals surface area (Å²) in [6.07, 6.45) is 11.1. The molecule has 0 bridgehead atoms. The molecule has 1 unspecified atom stereocenters. The third-order valence-corrected chi connectivity index (χ3v) is 5.71. The van der Waals surface area contributed by atoms with Gasteiger partial charge in [0.2, 0.25) is 0 Å². The zero-order valence-corrected chi connectivity index (χ0v) is 13.8. The summed E-state index contributed by atoms with van der Waals surface area (Å²) in [5, 5.41) is 11.4. The smallest absolute Gasteiger partial charge is 0.185 e. The summed E-state index contributed by atoms with van der Waals surface area (Å²) in [4.78, 5) is 6.80. The van der Waals surface area contributed by atoms with Gasteiger partial charge < -0.3 is 10.2 Å². The molecule has 1 N–H and O–H groups in total. The van der Waals surface area contributed by atoms with Crippen molar-refractivity contribution in [2.45, 2.75) is 44.7 Å². The van der Waals surface area contributed by atoms with E-state index >= 15 is 0 Å². The molecule has 1 aliphatic heterocycles. The first kappa shape index (κ1) is 14.1. The topological polar surface area (TPSA) is 46.0 Å². The second-order valence-corrected chi connectivity index (χ2v) is 7.38. The predicted molar refractivity (Wildman–Crippen MR) is 90.6 cm³/mol. The van der Waals surface area contributed by atoms with Crippen molar-refractivity contribution in [2.24, 2.45) is 5.92 Å². The van der Waals surface area contributed by atoms with Crippen LogP contribution in [0.4, 0.5) is 10.8 Å². The molecule has 3 heterocycles. The third kappa shape index (κ3) is 2.97. The van der Waals surface area contributed by atoms with Crippen molar-refractivity contribution in [3.8, 4) is 0 Å². The highest BCUT2D eigenvalue weighted by molar-refractivity contribution is 7.13. The van der Waals surface area contributed by atoms with E-state index in [-0.39, 0.29) is 0 Å². The Morgan fingerprint density at radius 2 is 2.09 bits per heavy atom. The van der Waals surface area contributed by atoms with Crippen LogP contribution in [0.25, 0.3) is 0 Å². The predicted octanol–water partition coefficient (Wildman–Crippen LogP) is 3.39. The number of nitrogens with zero attached hydrogens (tertiary/aromatic N) is 4. The minimum Gasteiger partial charge on any atom is -0.380 e. The largest absolute Gasteiger partial charge is 0.380 e. The molecule has 2 fully saturated rings. The minimum atomic E-state index is 0.544. The van der Waals surface area contributed by atoms with E-state index in [2.05, 4.69) is 43.5 Å². The molecule has 6 heteroatoms. The van der Waals surface area contributed by atoms with Gasteiger partial charge in [0.05, 0.1) is 17.9 Å². The van der Waals surface area contributed by atoms with Gasteiger partial charge in [-0.3, -0.25) is 4.68 Å². The number of anilines is 2. The molecule has 2 aromatic rings. The van der Waals surface area contributed by atoms with Gasteiger partial charge in [-0.15, -0.1) is 11.3 Å². The Balaban J connectivity index is 1.31. The van der Waals surface area contributed by atoms with E-state index in [0.29, 0.717) is 12.1 Å². The molecule has 5 nitrogen and oxygen atoms in total. The van der Waals surface area contributed by atoms with Crippen LogP contribution in [0.3, 0.4) is 0 Å². The van der Waals surface area contributed by atoms with Gasteiger partial charge in [-0.2, -0.15) is 5.10 Å². The third-order valence-electron chi connectivity index (χ3n) is 4.88. The van der Waals surface area contributed by atoms with E-state index < -0.39 is 0 Å². The summed E-state index contributed by atoms with van der Waals surface area (Å²) >= 11 is 1.73. The van der Waals surface area contributed by atoms with Gasteiger partial charge in [-0.05, 0) is 38.5 Å². The highest BCUT2D eigenvalue weighted by atomic mass is 32.1. The lowest BCUT2D eigenvalue weighted by Crippen LogP contribution is -2.39. The maximum absolute atomic E-state index is 4.53. The number of thiazole rings is 1. The summed E-state index contributed by atoms with van der Waals surface area (Å²) in [6, 6.07) is 1.09. The molecular weight excluding hydrogens is 294 g/mol. The number of hydrogen-bond donors (Lipinski definition) is 1. The molecule has 2 aliphatic rings. The van der Waals surface area contributed by atoms with Crippen LogP contribution in [-0.4, -0.2) is 33.9 Å². The van der Waals surface area contributed by atoms with E-state index in [0.717, 1.165) is 37.0 Å². The SMILES string of the molecule is CC(C1CC1)n1cc(NC2CCN(c3nccs3)CC2)cn1. The number of piperidine rings is 1. The van der Waals surface area contributed by atoms with Crippen LogP contribution < -0.4 is 10.2 Å². The molecule has 0 aromatic carbocycles. The van der Waals surface area contributed by atoms with Crippen molar-refractivity contribution in [2.75, 3.05) is 23.3 Å². The van der Waals surface area contributed by atoms with Crippen molar-refractivity contribution in [3.63, 3.8) is 0 Å². The molecule has 2 aromatic heterocycles. The van der Waals surface area contributed by atoms with Gasteiger partial charge in [0.15, 0.2) is 5.13 Å². The van der Waals surface area contributed by atoms with Gasteiger partial charge in [0.1, 0.15) is 0 Å². The van der Waals surface area contributed by atoms with Crippen molar-refractivity contribution < 1.29 is 0 Å². The highest BCUT2D eigenvalue weighted by Crippen LogP contribution is 2.39. The van der Waals surface area contributed by atoms with Crippen LogP contribution in [0.5, 0.6) is 0 Å². The number of nitrogens with one attached hydrogen (secondary N) is 1. The molecule has 1 atom stereocenters. The van der Waals surface area contributed by atoms with Crippen LogP contribution in [-0.2, 0) is 0 Å². The second-order valence-electron chi connectivity index (χ2n) is 6.51. The molecule has 1 saturated heterocycles. The first-order chi connectivity index (χ1) is 10.8. The highest BCUT2D eigenvalue weighted by Gasteiger charge is 2.29. The van der Waals surface area contributed by atoms with Gasteiger partial charge in [-0.1, -0.05) is 0 Å². The average Bonchev–Trinajstić information content (AvgIpc) is 3.05. The first-order valence-corrected chi connectivity index (χ1v) is 9.12. The molecule has 118 valence electrons. The molecule has 22 heavy (non-hydrogen) atoms. The van der Waals surface area contributed by atoms with E-state index in [1.165, 1.54) is 18.5 Å². The Hall–Kier alpha value is -1.56.